The third kappa shape index (κ3) is 4.00. The van der Waals surface area contributed by atoms with Gasteiger partial charge in [-0.15, -0.1) is 0 Å². The van der Waals surface area contributed by atoms with Gasteiger partial charge in [0.25, 0.3) is 0 Å². The molecule has 0 N–H and O–H groups in total. The molecule has 1 aliphatic rings. The number of fused-ring (bicyclic) bond motifs is 1. The van der Waals surface area contributed by atoms with Crippen molar-refractivity contribution in [1.29, 1.82) is 0 Å². The Morgan fingerprint density at radius 3 is 2.68 bits per heavy atom. The molecule has 3 rings (SSSR count). The van der Waals surface area contributed by atoms with Crippen LogP contribution in [0.15, 0.2) is 48.2 Å². The summed E-state index contributed by atoms with van der Waals surface area (Å²) in [5, 5.41) is 0.618. The molecule has 1 aliphatic heterocycles. The number of ether oxygens (including phenoxy) is 3. The molecule has 6 heteroatoms. The first-order chi connectivity index (χ1) is 12.1. The van der Waals surface area contributed by atoms with Gasteiger partial charge in [0.1, 0.15) is 11.5 Å². The molecule has 0 atom stereocenters. The summed E-state index contributed by atoms with van der Waals surface area (Å²) in [5.41, 5.74) is 1.25. The van der Waals surface area contributed by atoms with Crippen molar-refractivity contribution in [2.75, 3.05) is 13.2 Å². The smallest absolute Gasteiger partial charge is 0.344 e. The fraction of sp³-hybridized carbons (Fsp3) is 0.158. The quantitative estimate of drug-likeness (QED) is 0.599. The molecule has 25 heavy (non-hydrogen) atoms. The molecule has 0 aliphatic carbocycles. The number of esters is 1. The lowest BCUT2D eigenvalue weighted by Crippen LogP contribution is -2.14. The van der Waals surface area contributed by atoms with Gasteiger partial charge in [0.2, 0.25) is 5.78 Å². The monoisotopic (exact) mass is 358 g/mol. The molecule has 128 valence electrons. The van der Waals surface area contributed by atoms with Crippen LogP contribution >= 0.6 is 11.6 Å². The van der Waals surface area contributed by atoms with E-state index in [1.54, 1.807) is 55.5 Å². The fourth-order valence-electron chi connectivity index (χ4n) is 2.31. The molecule has 0 amide bonds. The molecule has 0 fully saturated rings. The van der Waals surface area contributed by atoms with Gasteiger partial charge in [-0.25, -0.2) is 4.79 Å². The van der Waals surface area contributed by atoms with E-state index in [1.165, 1.54) is 0 Å². The van der Waals surface area contributed by atoms with E-state index in [2.05, 4.69) is 0 Å². The van der Waals surface area contributed by atoms with Crippen LogP contribution in [-0.2, 0) is 9.53 Å². The normalized spacial score (nSPS) is 14.2. The van der Waals surface area contributed by atoms with Gasteiger partial charge in [-0.05, 0) is 42.8 Å². The fourth-order valence-corrected chi connectivity index (χ4v) is 2.44. The number of Topliss-reactive ketones (excluding diaryl/α,β-unsaturated/α-hetero) is 1. The molecule has 0 bridgehead atoms. The van der Waals surface area contributed by atoms with E-state index in [4.69, 9.17) is 25.8 Å². The van der Waals surface area contributed by atoms with E-state index in [-0.39, 0.29) is 18.1 Å². The second-order valence-corrected chi connectivity index (χ2v) is 5.68. The van der Waals surface area contributed by atoms with Crippen LogP contribution in [0.2, 0.25) is 5.02 Å². The van der Waals surface area contributed by atoms with Crippen LogP contribution in [0.4, 0.5) is 0 Å². The summed E-state index contributed by atoms with van der Waals surface area (Å²) in [4.78, 5) is 23.7. The van der Waals surface area contributed by atoms with Crippen molar-refractivity contribution in [2.45, 2.75) is 6.92 Å². The van der Waals surface area contributed by atoms with Crippen molar-refractivity contribution in [2.24, 2.45) is 0 Å². The molecule has 0 unspecified atom stereocenters. The first-order valence-corrected chi connectivity index (χ1v) is 8.07. The molecule has 2 aromatic carbocycles. The Kier molecular flexibility index (Phi) is 5.05. The molecular weight excluding hydrogens is 344 g/mol. The van der Waals surface area contributed by atoms with Gasteiger partial charge in [-0.3, -0.25) is 4.79 Å². The number of hydrogen-bond donors (Lipinski definition) is 0. The highest BCUT2D eigenvalue weighted by Gasteiger charge is 2.27. The van der Waals surface area contributed by atoms with Crippen LogP contribution in [0.25, 0.3) is 6.08 Å². The van der Waals surface area contributed by atoms with Crippen LogP contribution in [0.3, 0.4) is 0 Å². The largest absolute Gasteiger partial charge is 0.482 e. The Morgan fingerprint density at radius 1 is 1.20 bits per heavy atom. The Labute approximate surface area is 149 Å². The predicted molar refractivity (Wildman–Crippen MR) is 93.0 cm³/mol. The Balaban J connectivity index is 1.74. The van der Waals surface area contributed by atoms with E-state index in [9.17, 15) is 9.59 Å². The Bertz CT molecular complexity index is 839. The standard InChI is InChI=1S/C19H15ClO5/c1-2-23-18(21)11-24-14-7-8-15-16(10-14)25-17(19(15)22)9-12-3-5-13(20)6-4-12/h3-10H,2,11H2,1H3/b17-9-. The summed E-state index contributed by atoms with van der Waals surface area (Å²) in [6, 6.07) is 11.9. The predicted octanol–water partition coefficient (Wildman–Crippen LogP) is 3.90. The molecule has 0 saturated heterocycles. The topological polar surface area (TPSA) is 61.8 Å². The molecule has 1 heterocycles. The van der Waals surface area contributed by atoms with Gasteiger partial charge in [0.15, 0.2) is 12.4 Å². The van der Waals surface area contributed by atoms with Gasteiger partial charge in [0, 0.05) is 11.1 Å². The number of halogens is 1. The lowest BCUT2D eigenvalue weighted by Gasteiger charge is -2.06. The molecule has 0 aromatic heterocycles. The summed E-state index contributed by atoms with van der Waals surface area (Å²) in [7, 11) is 0. The van der Waals surface area contributed by atoms with E-state index >= 15 is 0 Å². The molecule has 5 nitrogen and oxygen atoms in total. The Hall–Kier alpha value is -2.79. The lowest BCUT2D eigenvalue weighted by molar-refractivity contribution is -0.145. The zero-order chi connectivity index (χ0) is 17.8. The van der Waals surface area contributed by atoms with E-state index < -0.39 is 5.97 Å². The zero-order valence-electron chi connectivity index (χ0n) is 13.5. The third-order valence-electron chi connectivity index (χ3n) is 3.47. The summed E-state index contributed by atoms with van der Waals surface area (Å²) < 4.78 is 15.8. The minimum atomic E-state index is -0.455. The number of carbonyl (C=O) groups is 2. The minimum Gasteiger partial charge on any atom is -0.482 e. The van der Waals surface area contributed by atoms with Crippen molar-refractivity contribution in [3.05, 3.63) is 64.4 Å². The van der Waals surface area contributed by atoms with Crippen molar-refractivity contribution >= 4 is 29.4 Å². The Morgan fingerprint density at radius 2 is 1.96 bits per heavy atom. The highest BCUT2D eigenvalue weighted by Crippen LogP contribution is 2.34. The second-order valence-electron chi connectivity index (χ2n) is 5.24. The van der Waals surface area contributed by atoms with Crippen molar-refractivity contribution in [1.82, 2.24) is 0 Å². The second kappa shape index (κ2) is 7.40. The molecule has 0 spiro atoms. The number of allylic oxidation sites excluding steroid dienone is 1. The van der Waals surface area contributed by atoms with Crippen LogP contribution < -0.4 is 9.47 Å². The van der Waals surface area contributed by atoms with Gasteiger partial charge in [0.05, 0.1) is 12.2 Å². The van der Waals surface area contributed by atoms with E-state index in [0.29, 0.717) is 28.7 Å². The number of rotatable bonds is 5. The average molecular weight is 359 g/mol. The highest BCUT2D eigenvalue weighted by atomic mass is 35.5. The van der Waals surface area contributed by atoms with Crippen LogP contribution in [0.1, 0.15) is 22.8 Å². The number of benzene rings is 2. The van der Waals surface area contributed by atoms with Crippen LogP contribution in [0.5, 0.6) is 11.5 Å². The van der Waals surface area contributed by atoms with Gasteiger partial charge < -0.3 is 14.2 Å². The van der Waals surface area contributed by atoms with Gasteiger partial charge in [-0.1, -0.05) is 23.7 Å². The van der Waals surface area contributed by atoms with Crippen molar-refractivity contribution in [3.63, 3.8) is 0 Å². The summed E-state index contributed by atoms with van der Waals surface area (Å²) in [6.07, 6.45) is 1.65. The van der Waals surface area contributed by atoms with E-state index in [0.717, 1.165) is 5.56 Å². The number of hydrogen-bond acceptors (Lipinski definition) is 5. The maximum Gasteiger partial charge on any atom is 0.344 e. The summed E-state index contributed by atoms with van der Waals surface area (Å²) in [6.45, 7) is 1.82. The molecule has 0 radical (unpaired) electrons. The first-order valence-electron chi connectivity index (χ1n) is 7.69. The minimum absolute atomic E-state index is 0.200. The zero-order valence-corrected chi connectivity index (χ0v) is 14.2. The maximum atomic E-state index is 12.4. The van der Waals surface area contributed by atoms with E-state index in [1.807, 2.05) is 0 Å². The number of carbonyl (C=O) groups excluding carboxylic acids is 2. The van der Waals surface area contributed by atoms with Crippen LogP contribution in [0, 0.1) is 0 Å². The van der Waals surface area contributed by atoms with Crippen molar-refractivity contribution < 1.29 is 23.8 Å². The number of ketones is 1. The average Bonchev–Trinajstić information content (AvgIpc) is 2.91. The highest BCUT2D eigenvalue weighted by molar-refractivity contribution is 6.30. The van der Waals surface area contributed by atoms with Gasteiger partial charge in [-0.2, -0.15) is 0 Å². The molecular formula is C19H15ClO5. The molecule has 2 aromatic rings. The van der Waals surface area contributed by atoms with Crippen LogP contribution in [-0.4, -0.2) is 25.0 Å². The van der Waals surface area contributed by atoms with Crippen molar-refractivity contribution in [3.8, 4) is 11.5 Å². The summed E-state index contributed by atoms with van der Waals surface area (Å²) in [5.74, 6) is 0.379. The lowest BCUT2D eigenvalue weighted by atomic mass is 10.1. The molecule has 0 saturated carbocycles. The summed E-state index contributed by atoms with van der Waals surface area (Å²) >= 11 is 5.85. The third-order valence-corrected chi connectivity index (χ3v) is 3.72. The first kappa shape index (κ1) is 17.0. The maximum absolute atomic E-state index is 12.4. The SMILES string of the molecule is CCOC(=O)COc1ccc2c(c1)O/C(=C\c1ccc(Cl)cc1)C2=O. The van der Waals surface area contributed by atoms with Gasteiger partial charge >= 0.3 is 5.97 Å².